The molecule has 0 bridgehead atoms. The van der Waals surface area contributed by atoms with E-state index in [2.05, 4.69) is 16.0 Å². The normalized spacial score (nSPS) is 15.6. The van der Waals surface area contributed by atoms with Gasteiger partial charge in [0.15, 0.2) is 0 Å². The molecule has 0 saturated carbocycles. The third kappa shape index (κ3) is 4.69. The van der Waals surface area contributed by atoms with E-state index in [1.807, 2.05) is 18.2 Å². The quantitative estimate of drug-likeness (QED) is 0.470. The Balaban J connectivity index is 1.28. The molecule has 2 heterocycles. The van der Waals surface area contributed by atoms with Gasteiger partial charge in [0.1, 0.15) is 0 Å². The first-order valence-electron chi connectivity index (χ1n) is 10.4. The zero-order chi connectivity index (χ0) is 21.1. The van der Waals surface area contributed by atoms with Gasteiger partial charge in [-0.05, 0) is 73.9 Å². The predicted octanol–water partition coefficient (Wildman–Crippen LogP) is 6.64. The SMILES string of the molecule is [O]c1ccc2c(N3CCC(CCCc4ccc(C(F)(F)F)cc4)CC3)cccc2n1. The Morgan fingerprint density at radius 2 is 1.70 bits per heavy atom. The maximum Gasteiger partial charge on any atom is 0.416 e. The number of fused-ring (bicyclic) bond motifs is 1. The third-order valence-electron chi connectivity index (χ3n) is 6.00. The molecule has 2 aromatic carbocycles. The van der Waals surface area contributed by atoms with Gasteiger partial charge >= 0.3 is 6.18 Å². The van der Waals surface area contributed by atoms with Crippen molar-refractivity contribution >= 4 is 16.6 Å². The van der Waals surface area contributed by atoms with Crippen molar-refractivity contribution < 1.29 is 18.3 Å². The van der Waals surface area contributed by atoms with Gasteiger partial charge in [0.05, 0.1) is 11.1 Å². The molecule has 4 rings (SSSR count). The summed E-state index contributed by atoms with van der Waals surface area (Å²) in [6.45, 7) is 1.92. The van der Waals surface area contributed by atoms with Crippen molar-refractivity contribution in [3.05, 3.63) is 65.7 Å². The Morgan fingerprint density at radius 1 is 0.967 bits per heavy atom. The van der Waals surface area contributed by atoms with E-state index < -0.39 is 11.7 Å². The van der Waals surface area contributed by atoms with Crippen molar-refractivity contribution in [1.82, 2.24) is 4.98 Å². The van der Waals surface area contributed by atoms with Crippen molar-refractivity contribution in [2.24, 2.45) is 5.92 Å². The van der Waals surface area contributed by atoms with Crippen LogP contribution in [0.1, 0.15) is 36.8 Å². The first-order valence-corrected chi connectivity index (χ1v) is 10.4. The monoisotopic (exact) mass is 413 g/mol. The first kappa shape index (κ1) is 20.5. The highest BCUT2D eigenvalue weighted by molar-refractivity contribution is 5.92. The van der Waals surface area contributed by atoms with Crippen LogP contribution in [-0.4, -0.2) is 18.1 Å². The van der Waals surface area contributed by atoms with Gasteiger partial charge in [-0.15, -0.1) is 0 Å². The summed E-state index contributed by atoms with van der Waals surface area (Å²) in [6, 6.07) is 14.8. The number of hydrogen-bond donors (Lipinski definition) is 0. The largest absolute Gasteiger partial charge is 0.416 e. The average Bonchev–Trinajstić information content (AvgIpc) is 2.73. The van der Waals surface area contributed by atoms with Crippen LogP contribution >= 0.6 is 0 Å². The lowest BCUT2D eigenvalue weighted by molar-refractivity contribution is -0.137. The fraction of sp³-hybridized carbons (Fsp3) is 0.375. The second-order valence-electron chi connectivity index (χ2n) is 8.01. The molecule has 1 aliphatic heterocycles. The first-order chi connectivity index (χ1) is 14.4. The number of halogens is 3. The lowest BCUT2D eigenvalue weighted by Crippen LogP contribution is -2.33. The zero-order valence-corrected chi connectivity index (χ0v) is 16.7. The van der Waals surface area contributed by atoms with Gasteiger partial charge in [-0.3, -0.25) is 5.11 Å². The number of alkyl halides is 3. The van der Waals surface area contributed by atoms with Crippen molar-refractivity contribution in [1.29, 1.82) is 0 Å². The second-order valence-corrected chi connectivity index (χ2v) is 8.01. The van der Waals surface area contributed by atoms with Crippen molar-refractivity contribution in [3.8, 4) is 5.88 Å². The number of piperidine rings is 1. The van der Waals surface area contributed by atoms with Crippen LogP contribution in [0.4, 0.5) is 18.9 Å². The molecule has 1 aromatic heterocycles. The molecule has 1 fully saturated rings. The molecule has 0 N–H and O–H groups in total. The maximum atomic E-state index is 12.7. The molecule has 30 heavy (non-hydrogen) atoms. The molecule has 6 heteroatoms. The molecule has 157 valence electrons. The van der Waals surface area contributed by atoms with Crippen LogP contribution in [0.2, 0.25) is 0 Å². The summed E-state index contributed by atoms with van der Waals surface area (Å²) in [4.78, 5) is 6.45. The molecular weight excluding hydrogens is 389 g/mol. The molecule has 1 aliphatic rings. The van der Waals surface area contributed by atoms with Crippen LogP contribution < -0.4 is 4.90 Å². The molecule has 0 spiro atoms. The van der Waals surface area contributed by atoms with Crippen molar-refractivity contribution in [2.45, 2.75) is 38.3 Å². The van der Waals surface area contributed by atoms with E-state index in [1.165, 1.54) is 18.2 Å². The summed E-state index contributed by atoms with van der Waals surface area (Å²) in [7, 11) is 0. The zero-order valence-electron chi connectivity index (χ0n) is 16.7. The fourth-order valence-electron chi connectivity index (χ4n) is 4.31. The summed E-state index contributed by atoms with van der Waals surface area (Å²) in [6.07, 6.45) is 0.799. The van der Waals surface area contributed by atoms with E-state index in [9.17, 15) is 18.3 Å². The Morgan fingerprint density at radius 3 is 2.40 bits per heavy atom. The molecule has 3 nitrogen and oxygen atoms in total. The minimum Gasteiger partial charge on any atom is -0.371 e. The predicted molar refractivity (Wildman–Crippen MR) is 111 cm³/mol. The molecular formula is C24H24F3N2O. The smallest absolute Gasteiger partial charge is 0.371 e. The summed E-state index contributed by atoms with van der Waals surface area (Å²) < 4.78 is 38.0. The highest BCUT2D eigenvalue weighted by Crippen LogP contribution is 2.32. The Hall–Kier alpha value is -2.76. The molecule has 1 radical (unpaired) electrons. The van der Waals surface area contributed by atoms with E-state index >= 15 is 0 Å². The van der Waals surface area contributed by atoms with Gasteiger partial charge in [-0.25, -0.2) is 4.98 Å². The van der Waals surface area contributed by atoms with Crippen LogP contribution in [-0.2, 0) is 17.7 Å². The molecule has 0 unspecified atom stereocenters. The number of aromatic nitrogens is 1. The molecule has 0 amide bonds. The van der Waals surface area contributed by atoms with Crippen LogP contribution in [0, 0.1) is 5.92 Å². The number of benzene rings is 2. The fourth-order valence-corrected chi connectivity index (χ4v) is 4.31. The number of hydrogen-bond acceptors (Lipinski definition) is 2. The van der Waals surface area contributed by atoms with Crippen molar-refractivity contribution in [3.63, 3.8) is 0 Å². The topological polar surface area (TPSA) is 36.0 Å². The van der Waals surface area contributed by atoms with E-state index in [0.29, 0.717) is 5.92 Å². The van der Waals surface area contributed by atoms with E-state index in [4.69, 9.17) is 0 Å². The van der Waals surface area contributed by atoms with E-state index in [0.717, 1.165) is 67.3 Å². The van der Waals surface area contributed by atoms with Crippen molar-refractivity contribution in [2.75, 3.05) is 18.0 Å². The van der Waals surface area contributed by atoms with Crippen LogP contribution in [0.15, 0.2) is 54.6 Å². The number of rotatable bonds is 5. The molecule has 3 aromatic rings. The number of nitrogens with zero attached hydrogens (tertiary/aromatic N) is 2. The van der Waals surface area contributed by atoms with Gasteiger partial charge in [0.2, 0.25) is 0 Å². The third-order valence-corrected chi connectivity index (χ3v) is 6.00. The summed E-state index contributed by atoms with van der Waals surface area (Å²) in [5, 5.41) is 12.5. The van der Waals surface area contributed by atoms with Gasteiger partial charge in [0, 0.05) is 30.2 Å². The van der Waals surface area contributed by atoms with Gasteiger partial charge in [0.25, 0.3) is 5.88 Å². The van der Waals surface area contributed by atoms with Crippen LogP contribution in [0.3, 0.4) is 0 Å². The molecule has 1 saturated heterocycles. The standard InChI is InChI=1S/C24H24F3N2O/c25-24(26,27)19-9-7-17(8-10-19)3-1-4-18-13-15-29(16-14-18)22-6-2-5-21-20(22)11-12-23(30)28-21/h2,5-12,18H,1,3-4,13-16H2. The summed E-state index contributed by atoms with van der Waals surface area (Å²) in [5.41, 5.74) is 2.23. The number of anilines is 1. The highest BCUT2D eigenvalue weighted by Gasteiger charge is 2.29. The summed E-state index contributed by atoms with van der Waals surface area (Å²) in [5.74, 6) is 0.420. The minimum atomic E-state index is -4.27. The van der Waals surface area contributed by atoms with Crippen LogP contribution in [0.5, 0.6) is 5.88 Å². The molecule has 0 aliphatic carbocycles. The summed E-state index contributed by atoms with van der Waals surface area (Å²) >= 11 is 0. The molecule has 0 atom stereocenters. The lowest BCUT2D eigenvalue weighted by Gasteiger charge is -2.34. The van der Waals surface area contributed by atoms with Gasteiger partial charge in [-0.2, -0.15) is 13.2 Å². The van der Waals surface area contributed by atoms with E-state index in [-0.39, 0.29) is 5.88 Å². The Kier molecular flexibility index (Phi) is 5.84. The highest BCUT2D eigenvalue weighted by atomic mass is 19.4. The van der Waals surface area contributed by atoms with Gasteiger partial charge < -0.3 is 4.90 Å². The maximum absolute atomic E-state index is 12.7. The van der Waals surface area contributed by atoms with E-state index in [1.54, 1.807) is 12.1 Å². The number of pyridine rings is 1. The Labute approximate surface area is 174 Å². The second kappa shape index (κ2) is 8.54. The average molecular weight is 413 g/mol. The van der Waals surface area contributed by atoms with Crippen LogP contribution in [0.25, 0.3) is 10.9 Å². The van der Waals surface area contributed by atoms with Gasteiger partial charge in [-0.1, -0.05) is 18.2 Å². The Bertz CT molecular complexity index is 993. The lowest BCUT2D eigenvalue weighted by atomic mass is 9.90. The number of aryl methyl sites for hydroxylation is 1. The minimum absolute atomic E-state index is 0.216.